The molecule has 76 valence electrons. The Morgan fingerprint density at radius 2 is 1.71 bits per heavy atom. The Morgan fingerprint density at radius 3 is 2.07 bits per heavy atom. The molecule has 0 fully saturated rings. The van der Waals surface area contributed by atoms with Gasteiger partial charge in [0.25, 0.3) is 0 Å². The second kappa shape index (κ2) is 3.32. The van der Waals surface area contributed by atoms with Crippen LogP contribution in [-0.4, -0.2) is 45.0 Å². The summed E-state index contributed by atoms with van der Waals surface area (Å²) >= 11 is 0. The van der Waals surface area contributed by atoms with E-state index in [1.165, 1.54) is 0 Å². The standard InChI is InChI=1S/C6H6N2O6/c9-4(10)1-2(5(11)12)7-8-3(1)6(13)14/h1-2,7H,(H,9,10)(H,11,12)(H,13,14). The first kappa shape index (κ1) is 9.96. The maximum absolute atomic E-state index is 10.6. The molecular formula is C6H6N2O6. The summed E-state index contributed by atoms with van der Waals surface area (Å²) in [6.07, 6.45) is 0. The van der Waals surface area contributed by atoms with Gasteiger partial charge in [0.15, 0.2) is 11.8 Å². The van der Waals surface area contributed by atoms with Crippen molar-refractivity contribution in [3.63, 3.8) is 0 Å². The van der Waals surface area contributed by atoms with Gasteiger partial charge in [0.1, 0.15) is 5.92 Å². The molecule has 0 aromatic carbocycles. The molecule has 0 saturated heterocycles. The van der Waals surface area contributed by atoms with E-state index in [0.29, 0.717) is 0 Å². The molecule has 0 aromatic rings. The highest BCUT2D eigenvalue weighted by Gasteiger charge is 2.45. The van der Waals surface area contributed by atoms with Gasteiger partial charge in [-0.15, -0.1) is 0 Å². The van der Waals surface area contributed by atoms with Gasteiger partial charge in [0.2, 0.25) is 0 Å². The number of nitrogens with one attached hydrogen (secondary N) is 1. The lowest BCUT2D eigenvalue weighted by atomic mass is 9.96. The molecule has 0 saturated carbocycles. The van der Waals surface area contributed by atoms with Gasteiger partial charge in [-0.1, -0.05) is 0 Å². The van der Waals surface area contributed by atoms with Crippen LogP contribution < -0.4 is 5.43 Å². The Morgan fingerprint density at radius 1 is 1.14 bits per heavy atom. The Balaban J connectivity index is 2.98. The van der Waals surface area contributed by atoms with Crippen LogP contribution in [0.2, 0.25) is 0 Å². The summed E-state index contributed by atoms with van der Waals surface area (Å²) in [6, 6.07) is -1.53. The van der Waals surface area contributed by atoms with Crippen LogP contribution in [0.5, 0.6) is 0 Å². The predicted molar refractivity (Wildman–Crippen MR) is 40.8 cm³/mol. The third kappa shape index (κ3) is 1.49. The number of hydrazone groups is 1. The van der Waals surface area contributed by atoms with Crippen LogP contribution in [0.4, 0.5) is 0 Å². The van der Waals surface area contributed by atoms with Crippen molar-refractivity contribution in [1.29, 1.82) is 0 Å². The first-order valence-corrected chi connectivity index (χ1v) is 3.47. The van der Waals surface area contributed by atoms with E-state index in [0.717, 1.165) is 0 Å². The molecule has 0 radical (unpaired) electrons. The molecule has 2 atom stereocenters. The average Bonchev–Trinajstić information content (AvgIpc) is 2.46. The minimum atomic E-state index is -1.66. The van der Waals surface area contributed by atoms with Crippen molar-refractivity contribution in [1.82, 2.24) is 5.43 Å². The van der Waals surface area contributed by atoms with E-state index in [2.05, 4.69) is 5.10 Å². The monoisotopic (exact) mass is 202 g/mol. The van der Waals surface area contributed by atoms with Gasteiger partial charge in [-0.2, -0.15) is 5.10 Å². The number of carboxylic acids is 3. The second-order valence-electron chi connectivity index (χ2n) is 2.56. The van der Waals surface area contributed by atoms with Gasteiger partial charge < -0.3 is 15.3 Å². The number of rotatable bonds is 3. The summed E-state index contributed by atoms with van der Waals surface area (Å²) in [5.74, 6) is -6.21. The molecule has 1 aliphatic heterocycles. The Hall–Kier alpha value is -2.12. The molecule has 1 rings (SSSR count). The number of carboxylic acid groups (broad SMARTS) is 3. The summed E-state index contributed by atoms with van der Waals surface area (Å²) in [5.41, 5.74) is 1.24. The summed E-state index contributed by atoms with van der Waals surface area (Å²) in [7, 11) is 0. The fourth-order valence-corrected chi connectivity index (χ4v) is 1.08. The molecular weight excluding hydrogens is 196 g/mol. The van der Waals surface area contributed by atoms with Crippen LogP contribution in [0.25, 0.3) is 0 Å². The van der Waals surface area contributed by atoms with Crippen molar-refractivity contribution in [2.45, 2.75) is 6.04 Å². The number of hydrogen-bond donors (Lipinski definition) is 4. The normalized spacial score (nSPS) is 25.0. The molecule has 2 unspecified atom stereocenters. The van der Waals surface area contributed by atoms with Gasteiger partial charge in [-0.25, -0.2) is 9.59 Å². The van der Waals surface area contributed by atoms with E-state index in [9.17, 15) is 14.4 Å². The molecule has 0 bridgehead atoms. The number of hydrogen-bond acceptors (Lipinski definition) is 5. The van der Waals surface area contributed by atoms with Crippen LogP contribution in [-0.2, 0) is 14.4 Å². The van der Waals surface area contributed by atoms with E-state index in [1.807, 2.05) is 5.43 Å². The van der Waals surface area contributed by atoms with Crippen molar-refractivity contribution in [2.24, 2.45) is 11.0 Å². The summed E-state index contributed by atoms with van der Waals surface area (Å²) < 4.78 is 0. The van der Waals surface area contributed by atoms with Crippen molar-refractivity contribution in [2.75, 3.05) is 0 Å². The van der Waals surface area contributed by atoms with Crippen LogP contribution in [0.3, 0.4) is 0 Å². The van der Waals surface area contributed by atoms with Gasteiger partial charge in [0.05, 0.1) is 0 Å². The van der Waals surface area contributed by atoms with Gasteiger partial charge in [-0.05, 0) is 0 Å². The molecule has 0 amide bonds. The van der Waals surface area contributed by atoms with Crippen LogP contribution in [0, 0.1) is 5.92 Å². The molecule has 0 aliphatic carbocycles. The zero-order valence-electron chi connectivity index (χ0n) is 6.67. The van der Waals surface area contributed by atoms with Crippen molar-refractivity contribution in [3.05, 3.63) is 0 Å². The third-order valence-corrected chi connectivity index (χ3v) is 1.70. The van der Waals surface area contributed by atoms with Gasteiger partial charge in [-0.3, -0.25) is 10.2 Å². The molecule has 4 N–H and O–H groups in total. The van der Waals surface area contributed by atoms with Crippen LogP contribution >= 0.6 is 0 Å². The minimum absolute atomic E-state index is 0.704. The van der Waals surface area contributed by atoms with Crippen molar-refractivity contribution < 1.29 is 29.7 Å². The molecule has 1 heterocycles. The Labute approximate surface area is 76.8 Å². The average molecular weight is 202 g/mol. The molecule has 14 heavy (non-hydrogen) atoms. The molecule has 1 aliphatic rings. The molecule has 8 nitrogen and oxygen atoms in total. The molecule has 0 aromatic heterocycles. The highest BCUT2D eigenvalue weighted by molar-refractivity contribution is 6.41. The quantitative estimate of drug-likeness (QED) is 0.423. The highest BCUT2D eigenvalue weighted by atomic mass is 16.4. The smallest absolute Gasteiger partial charge is 0.353 e. The molecule has 8 heteroatoms. The second-order valence-corrected chi connectivity index (χ2v) is 2.56. The lowest BCUT2D eigenvalue weighted by Crippen LogP contribution is -2.43. The first-order valence-electron chi connectivity index (χ1n) is 3.47. The highest BCUT2D eigenvalue weighted by Crippen LogP contribution is 2.14. The summed E-state index contributed by atoms with van der Waals surface area (Å²) in [5, 5.41) is 28.8. The fraction of sp³-hybridized carbons (Fsp3) is 0.333. The maximum Gasteiger partial charge on any atom is 0.353 e. The zero-order valence-corrected chi connectivity index (χ0v) is 6.67. The SMILES string of the molecule is O=C(O)C1=NNC(C(=O)O)C1C(=O)O. The fourth-order valence-electron chi connectivity index (χ4n) is 1.08. The topological polar surface area (TPSA) is 136 Å². The van der Waals surface area contributed by atoms with E-state index < -0.39 is 35.6 Å². The lowest BCUT2D eigenvalue weighted by molar-refractivity contribution is -0.148. The Bertz CT molecular complexity index is 335. The first-order chi connectivity index (χ1) is 6.45. The Kier molecular flexibility index (Phi) is 2.36. The van der Waals surface area contributed by atoms with Gasteiger partial charge in [0, 0.05) is 0 Å². The largest absolute Gasteiger partial charge is 0.481 e. The number of aliphatic carboxylic acids is 3. The van der Waals surface area contributed by atoms with E-state index in [4.69, 9.17) is 15.3 Å². The summed E-state index contributed by atoms with van der Waals surface area (Å²) in [4.78, 5) is 31.5. The number of carbonyl (C=O) groups is 3. The molecule has 0 spiro atoms. The number of nitrogens with zero attached hydrogens (tertiary/aromatic N) is 1. The minimum Gasteiger partial charge on any atom is -0.481 e. The van der Waals surface area contributed by atoms with E-state index in [-0.39, 0.29) is 0 Å². The maximum atomic E-state index is 10.6. The lowest BCUT2D eigenvalue weighted by Gasteiger charge is -2.10. The van der Waals surface area contributed by atoms with Crippen molar-refractivity contribution >= 4 is 23.6 Å². The predicted octanol–water partition coefficient (Wildman–Crippen LogP) is -1.82. The van der Waals surface area contributed by atoms with E-state index in [1.54, 1.807) is 0 Å². The summed E-state index contributed by atoms with van der Waals surface area (Å²) in [6.45, 7) is 0. The zero-order chi connectivity index (χ0) is 10.9. The third-order valence-electron chi connectivity index (χ3n) is 1.70. The van der Waals surface area contributed by atoms with Crippen molar-refractivity contribution in [3.8, 4) is 0 Å². The van der Waals surface area contributed by atoms with Gasteiger partial charge >= 0.3 is 17.9 Å². The van der Waals surface area contributed by atoms with Crippen LogP contribution in [0.15, 0.2) is 5.10 Å². The van der Waals surface area contributed by atoms with Crippen LogP contribution in [0.1, 0.15) is 0 Å². The van der Waals surface area contributed by atoms with E-state index >= 15 is 0 Å².